The van der Waals surface area contributed by atoms with E-state index in [9.17, 15) is 0 Å². The van der Waals surface area contributed by atoms with Gasteiger partial charge in [0.05, 0.1) is 6.61 Å². The number of thioether (sulfide) groups is 1. The van der Waals surface area contributed by atoms with Crippen molar-refractivity contribution in [2.45, 2.75) is 36.5 Å². The van der Waals surface area contributed by atoms with Crippen LogP contribution in [0.4, 0.5) is 6.01 Å². The fraction of sp³-hybridized carbons (Fsp3) is 0.417. The van der Waals surface area contributed by atoms with E-state index >= 15 is 0 Å². The maximum Gasteiger partial charge on any atom is 0.324 e. The summed E-state index contributed by atoms with van der Waals surface area (Å²) in [6.45, 7) is 2.66. The molecule has 1 aliphatic carbocycles. The first kappa shape index (κ1) is 19.5. The molecule has 2 aromatic carbocycles. The first-order chi connectivity index (χ1) is 14.8. The summed E-state index contributed by atoms with van der Waals surface area (Å²) in [5.41, 5.74) is 2.45. The molecule has 0 N–H and O–H groups in total. The Morgan fingerprint density at radius 1 is 0.967 bits per heavy atom. The minimum atomic E-state index is 0.537. The van der Waals surface area contributed by atoms with Crippen LogP contribution in [0.3, 0.4) is 0 Å². The number of rotatable bonds is 7. The van der Waals surface area contributed by atoms with Crippen molar-refractivity contribution >= 4 is 17.8 Å². The van der Waals surface area contributed by atoms with Crippen molar-refractivity contribution in [1.29, 1.82) is 0 Å². The van der Waals surface area contributed by atoms with Crippen LogP contribution in [0.1, 0.15) is 37.4 Å². The Morgan fingerprint density at radius 2 is 1.63 bits per heavy atom. The van der Waals surface area contributed by atoms with Crippen molar-refractivity contribution in [3.63, 3.8) is 0 Å². The zero-order valence-corrected chi connectivity index (χ0v) is 18.1. The maximum atomic E-state index is 6.08. The average molecular weight is 422 g/mol. The number of nitrogens with zero attached hydrogens (tertiary/aromatic N) is 3. The average Bonchev–Trinajstić information content (AvgIpc) is 3.55. The lowest BCUT2D eigenvalue weighted by Gasteiger charge is -2.30. The van der Waals surface area contributed by atoms with E-state index in [0.29, 0.717) is 17.9 Å². The van der Waals surface area contributed by atoms with Crippen LogP contribution in [0.15, 0.2) is 57.9 Å². The molecule has 3 aromatic rings. The van der Waals surface area contributed by atoms with Crippen molar-refractivity contribution in [2.24, 2.45) is 5.92 Å². The molecular weight excluding hydrogens is 394 g/mol. The molecule has 5 rings (SSSR count). The predicted molar refractivity (Wildman–Crippen MR) is 120 cm³/mol. The second-order valence-corrected chi connectivity index (χ2v) is 9.08. The van der Waals surface area contributed by atoms with Crippen LogP contribution in [0.2, 0.25) is 0 Å². The molecule has 1 aromatic heterocycles. The second kappa shape index (κ2) is 8.72. The number of anilines is 1. The van der Waals surface area contributed by atoms with Gasteiger partial charge in [0.2, 0.25) is 0 Å². The number of benzene rings is 2. The Hall–Kier alpha value is -2.47. The van der Waals surface area contributed by atoms with Crippen LogP contribution >= 0.6 is 11.8 Å². The molecule has 6 heteroatoms. The molecule has 2 aliphatic rings. The summed E-state index contributed by atoms with van der Waals surface area (Å²) in [6.07, 6.45) is 6.66. The minimum Gasteiger partial charge on any atom is -0.493 e. The van der Waals surface area contributed by atoms with Gasteiger partial charge >= 0.3 is 6.01 Å². The van der Waals surface area contributed by atoms with E-state index in [1.807, 2.05) is 0 Å². The topological polar surface area (TPSA) is 51.4 Å². The lowest BCUT2D eigenvalue weighted by molar-refractivity contribution is 0.220. The molecule has 0 bridgehead atoms. The van der Waals surface area contributed by atoms with Crippen LogP contribution in [0, 0.1) is 5.92 Å². The van der Waals surface area contributed by atoms with E-state index in [1.54, 1.807) is 11.8 Å². The van der Waals surface area contributed by atoms with Gasteiger partial charge in [-0.1, -0.05) is 29.4 Å². The summed E-state index contributed by atoms with van der Waals surface area (Å²) in [7, 11) is 0. The van der Waals surface area contributed by atoms with Crippen molar-refractivity contribution < 1.29 is 9.26 Å². The zero-order valence-electron chi connectivity index (χ0n) is 17.3. The molecule has 30 heavy (non-hydrogen) atoms. The Bertz CT molecular complexity index is 959. The van der Waals surface area contributed by atoms with Crippen molar-refractivity contribution in [2.75, 3.05) is 30.9 Å². The van der Waals surface area contributed by atoms with E-state index in [1.165, 1.54) is 28.9 Å². The molecule has 1 saturated carbocycles. The quantitative estimate of drug-likeness (QED) is 0.461. The summed E-state index contributed by atoms with van der Waals surface area (Å²) < 4.78 is 11.5. The highest BCUT2D eigenvalue weighted by Gasteiger charge is 2.30. The van der Waals surface area contributed by atoms with Crippen molar-refractivity contribution in [3.8, 4) is 16.9 Å². The molecule has 2 fully saturated rings. The monoisotopic (exact) mass is 421 g/mol. The van der Waals surface area contributed by atoms with Crippen LogP contribution in [0.25, 0.3) is 11.1 Å². The Labute approximate surface area is 181 Å². The van der Waals surface area contributed by atoms with Gasteiger partial charge in [0.1, 0.15) is 5.75 Å². The second-order valence-electron chi connectivity index (χ2n) is 8.20. The fourth-order valence-corrected chi connectivity index (χ4v) is 4.30. The summed E-state index contributed by atoms with van der Waals surface area (Å²) in [6, 6.07) is 17.8. The van der Waals surface area contributed by atoms with E-state index in [2.05, 4.69) is 69.8 Å². The molecule has 5 nitrogen and oxygen atoms in total. The smallest absolute Gasteiger partial charge is 0.324 e. The summed E-state index contributed by atoms with van der Waals surface area (Å²) in [5.74, 6) is 2.92. The highest BCUT2D eigenvalue weighted by molar-refractivity contribution is 7.98. The normalized spacial score (nSPS) is 17.3. The lowest BCUT2D eigenvalue weighted by atomic mass is 9.98. The number of hydrogen-bond donors (Lipinski definition) is 0. The van der Waals surface area contributed by atoms with Crippen molar-refractivity contribution in [1.82, 2.24) is 10.1 Å². The molecule has 0 atom stereocenters. The maximum absolute atomic E-state index is 6.08. The van der Waals surface area contributed by atoms with Gasteiger partial charge in [-0.05, 0) is 73.2 Å². The number of piperidine rings is 1. The molecule has 0 radical (unpaired) electrons. The summed E-state index contributed by atoms with van der Waals surface area (Å²) >= 11 is 1.76. The van der Waals surface area contributed by atoms with E-state index in [-0.39, 0.29) is 0 Å². The SMILES string of the molecule is CSc1ccc(-c2ccc(OCC3CCN(c4nc(C5CC5)no4)CC3)cc2)cc1. The minimum absolute atomic E-state index is 0.537. The lowest BCUT2D eigenvalue weighted by Crippen LogP contribution is -2.35. The third-order valence-corrected chi connectivity index (χ3v) is 6.77. The first-order valence-electron chi connectivity index (χ1n) is 10.7. The van der Waals surface area contributed by atoms with E-state index < -0.39 is 0 Å². The van der Waals surface area contributed by atoms with Gasteiger partial charge in [-0.25, -0.2) is 0 Å². The van der Waals surface area contributed by atoms with Crippen LogP contribution in [-0.2, 0) is 0 Å². The molecule has 1 saturated heterocycles. The highest BCUT2D eigenvalue weighted by Crippen LogP contribution is 2.39. The van der Waals surface area contributed by atoms with Crippen molar-refractivity contribution in [3.05, 3.63) is 54.4 Å². The number of ether oxygens (including phenoxy) is 1. The van der Waals surface area contributed by atoms with Gasteiger partial charge in [-0.15, -0.1) is 11.8 Å². The number of aromatic nitrogens is 2. The van der Waals surface area contributed by atoms with Gasteiger partial charge in [0.25, 0.3) is 0 Å². The molecule has 1 aliphatic heterocycles. The molecular formula is C24H27N3O2S. The molecule has 2 heterocycles. The molecule has 156 valence electrons. The third kappa shape index (κ3) is 4.48. The van der Waals surface area contributed by atoms with Crippen LogP contribution in [-0.4, -0.2) is 36.1 Å². The summed E-state index contributed by atoms with van der Waals surface area (Å²) in [4.78, 5) is 8.07. The summed E-state index contributed by atoms with van der Waals surface area (Å²) in [5, 5.41) is 4.13. The van der Waals surface area contributed by atoms with Gasteiger partial charge in [0.15, 0.2) is 5.82 Å². The largest absolute Gasteiger partial charge is 0.493 e. The first-order valence-corrected chi connectivity index (χ1v) is 12.0. The van der Waals surface area contributed by atoms with E-state index in [4.69, 9.17) is 9.26 Å². The predicted octanol–water partition coefficient (Wildman–Crippen LogP) is 5.63. The van der Waals surface area contributed by atoms with Gasteiger partial charge in [0, 0.05) is 23.9 Å². The fourth-order valence-electron chi connectivity index (χ4n) is 3.89. The Kier molecular flexibility index (Phi) is 5.67. The molecule has 0 spiro atoms. The Morgan fingerprint density at radius 3 is 2.27 bits per heavy atom. The number of hydrogen-bond acceptors (Lipinski definition) is 6. The third-order valence-electron chi connectivity index (χ3n) is 6.02. The standard InChI is InChI=1S/C24H27N3O2S/c1-30-22-10-6-19(7-11-22)18-4-8-21(9-5-18)28-16-17-12-14-27(15-13-17)24-25-23(26-29-24)20-2-3-20/h4-11,17,20H,2-3,12-16H2,1H3. The van der Waals surface area contributed by atoms with Gasteiger partial charge in [-0.3, -0.25) is 0 Å². The van der Waals surface area contributed by atoms with Gasteiger partial charge in [-0.2, -0.15) is 4.98 Å². The van der Waals surface area contributed by atoms with Crippen LogP contribution in [0.5, 0.6) is 5.75 Å². The zero-order chi connectivity index (χ0) is 20.3. The highest BCUT2D eigenvalue weighted by atomic mass is 32.2. The van der Waals surface area contributed by atoms with Gasteiger partial charge < -0.3 is 14.2 Å². The van der Waals surface area contributed by atoms with Crippen LogP contribution < -0.4 is 9.64 Å². The van der Waals surface area contributed by atoms with E-state index in [0.717, 1.165) is 44.1 Å². The molecule has 0 unspecified atom stereocenters. The molecule has 0 amide bonds. The Balaban J connectivity index is 1.10.